The van der Waals surface area contributed by atoms with Crippen molar-refractivity contribution >= 4 is 10.0 Å². The second-order valence-electron chi connectivity index (χ2n) is 4.34. The molecule has 2 aromatic rings. The summed E-state index contributed by atoms with van der Waals surface area (Å²) in [4.78, 5) is -0.586. The molecule has 1 N–H and O–H groups in total. The molecule has 0 saturated heterocycles. The molecule has 0 aliphatic carbocycles. The highest BCUT2D eigenvalue weighted by atomic mass is 32.2. The number of rotatable bonds is 4. The van der Waals surface area contributed by atoms with Crippen LogP contribution in [0.2, 0.25) is 0 Å². The van der Waals surface area contributed by atoms with Crippen molar-refractivity contribution < 1.29 is 21.6 Å². The van der Waals surface area contributed by atoms with E-state index in [4.69, 9.17) is 4.42 Å². The third-order valence-corrected chi connectivity index (χ3v) is 4.21. The molecule has 0 saturated carbocycles. The number of hydrogen-bond acceptors (Lipinski definition) is 3. The minimum absolute atomic E-state index is 0.0255. The number of sulfonamides is 1. The lowest BCUT2D eigenvalue weighted by Crippen LogP contribution is -2.24. The van der Waals surface area contributed by atoms with E-state index >= 15 is 0 Å². The van der Waals surface area contributed by atoms with Crippen LogP contribution in [-0.4, -0.2) is 8.42 Å². The Morgan fingerprint density at radius 2 is 1.90 bits per heavy atom. The average Bonchev–Trinajstić information content (AvgIpc) is 2.65. The SMILES string of the molecule is Cc1cc(CNS(=O)(=O)c2ccc(F)cc2F)c(C)o1. The molecule has 0 fully saturated rings. The highest BCUT2D eigenvalue weighted by molar-refractivity contribution is 7.89. The molecular formula is C13H13F2NO3S. The van der Waals surface area contributed by atoms with Crippen LogP contribution in [0.4, 0.5) is 8.78 Å². The van der Waals surface area contributed by atoms with Crippen LogP contribution in [-0.2, 0) is 16.6 Å². The van der Waals surface area contributed by atoms with E-state index in [0.717, 1.165) is 12.1 Å². The topological polar surface area (TPSA) is 59.3 Å². The van der Waals surface area contributed by atoms with E-state index < -0.39 is 26.6 Å². The van der Waals surface area contributed by atoms with Gasteiger partial charge in [0.05, 0.1) is 0 Å². The first-order chi connectivity index (χ1) is 9.29. The molecule has 20 heavy (non-hydrogen) atoms. The highest BCUT2D eigenvalue weighted by Gasteiger charge is 2.20. The second kappa shape index (κ2) is 5.34. The van der Waals surface area contributed by atoms with Crippen LogP contribution in [0.3, 0.4) is 0 Å². The van der Waals surface area contributed by atoms with Crippen LogP contribution in [0.15, 0.2) is 33.6 Å². The van der Waals surface area contributed by atoms with Gasteiger partial charge in [-0.2, -0.15) is 0 Å². The predicted octanol–water partition coefficient (Wildman–Crippen LogP) is 2.65. The summed E-state index contributed by atoms with van der Waals surface area (Å²) in [5.74, 6) is -0.713. The molecule has 108 valence electrons. The molecule has 0 aliphatic heterocycles. The molecule has 0 amide bonds. The lowest BCUT2D eigenvalue weighted by molar-refractivity contribution is 0.500. The number of nitrogens with one attached hydrogen (secondary N) is 1. The van der Waals surface area contributed by atoms with Gasteiger partial charge >= 0.3 is 0 Å². The molecule has 4 nitrogen and oxygen atoms in total. The number of halogens is 2. The lowest BCUT2D eigenvalue weighted by atomic mass is 10.2. The summed E-state index contributed by atoms with van der Waals surface area (Å²) < 4.78 is 57.7. The molecule has 7 heteroatoms. The molecule has 0 atom stereocenters. The number of benzene rings is 1. The van der Waals surface area contributed by atoms with Crippen molar-refractivity contribution in [2.24, 2.45) is 0 Å². The molecule has 0 bridgehead atoms. The van der Waals surface area contributed by atoms with E-state index in [1.807, 2.05) is 0 Å². The summed E-state index contributed by atoms with van der Waals surface area (Å²) >= 11 is 0. The van der Waals surface area contributed by atoms with Crippen molar-refractivity contribution in [2.45, 2.75) is 25.3 Å². The van der Waals surface area contributed by atoms with Gasteiger partial charge in [0.2, 0.25) is 10.0 Å². The highest BCUT2D eigenvalue weighted by Crippen LogP contribution is 2.17. The standard InChI is InChI=1S/C13H13F2NO3S/c1-8-5-10(9(2)19-8)7-16-20(17,18)13-4-3-11(14)6-12(13)15/h3-6,16H,7H2,1-2H3. The summed E-state index contributed by atoms with van der Waals surface area (Å²) in [5, 5.41) is 0. The minimum atomic E-state index is -4.05. The fourth-order valence-electron chi connectivity index (χ4n) is 1.80. The Morgan fingerprint density at radius 3 is 2.45 bits per heavy atom. The number of furan rings is 1. The molecule has 0 aliphatic rings. The zero-order chi connectivity index (χ0) is 14.9. The van der Waals surface area contributed by atoms with Gasteiger partial charge in [0.15, 0.2) is 0 Å². The maximum atomic E-state index is 13.5. The number of aryl methyl sites for hydroxylation is 2. The van der Waals surface area contributed by atoms with Gasteiger partial charge in [-0.25, -0.2) is 21.9 Å². The van der Waals surface area contributed by atoms with E-state index in [0.29, 0.717) is 23.2 Å². The van der Waals surface area contributed by atoms with Crippen molar-refractivity contribution in [1.29, 1.82) is 0 Å². The molecule has 0 spiro atoms. The Kier molecular flexibility index (Phi) is 3.92. The van der Waals surface area contributed by atoms with Gasteiger partial charge in [0, 0.05) is 18.2 Å². The van der Waals surface area contributed by atoms with E-state index in [1.54, 1.807) is 19.9 Å². The summed E-state index contributed by atoms with van der Waals surface area (Å²) in [6.07, 6.45) is 0. The Bertz CT molecular complexity index is 738. The molecule has 0 unspecified atom stereocenters. The average molecular weight is 301 g/mol. The molecule has 1 heterocycles. The molecule has 1 aromatic carbocycles. The van der Waals surface area contributed by atoms with Gasteiger partial charge in [-0.05, 0) is 32.0 Å². The molecule has 1 aromatic heterocycles. The van der Waals surface area contributed by atoms with Crippen molar-refractivity contribution in [3.63, 3.8) is 0 Å². The van der Waals surface area contributed by atoms with E-state index in [-0.39, 0.29) is 6.54 Å². The maximum Gasteiger partial charge on any atom is 0.243 e. The van der Waals surface area contributed by atoms with E-state index in [2.05, 4.69) is 4.72 Å². The summed E-state index contributed by atoms with van der Waals surface area (Å²) in [6.45, 7) is 3.42. The van der Waals surface area contributed by atoms with Crippen LogP contribution in [0.1, 0.15) is 17.1 Å². The van der Waals surface area contributed by atoms with Gasteiger partial charge < -0.3 is 4.42 Å². The first kappa shape index (κ1) is 14.7. The number of hydrogen-bond donors (Lipinski definition) is 1. The second-order valence-corrected chi connectivity index (χ2v) is 6.07. The summed E-state index contributed by atoms with van der Waals surface area (Å²) in [6, 6.07) is 4.01. The fourth-order valence-corrected chi connectivity index (χ4v) is 2.87. The van der Waals surface area contributed by atoms with Crippen molar-refractivity contribution in [3.05, 3.63) is 53.0 Å². The van der Waals surface area contributed by atoms with Gasteiger partial charge in [-0.1, -0.05) is 0 Å². The van der Waals surface area contributed by atoms with Crippen LogP contribution >= 0.6 is 0 Å². The predicted molar refractivity (Wildman–Crippen MR) is 68.6 cm³/mol. The third-order valence-electron chi connectivity index (χ3n) is 2.78. The first-order valence-corrected chi connectivity index (χ1v) is 7.28. The van der Waals surface area contributed by atoms with E-state index in [1.165, 1.54) is 0 Å². The zero-order valence-electron chi connectivity index (χ0n) is 10.9. The Morgan fingerprint density at radius 1 is 1.20 bits per heavy atom. The largest absolute Gasteiger partial charge is 0.466 e. The van der Waals surface area contributed by atoms with Crippen LogP contribution in [0.5, 0.6) is 0 Å². The fraction of sp³-hybridized carbons (Fsp3) is 0.231. The van der Waals surface area contributed by atoms with Gasteiger partial charge in [0.1, 0.15) is 28.1 Å². The Balaban J connectivity index is 2.21. The van der Waals surface area contributed by atoms with Crippen LogP contribution in [0.25, 0.3) is 0 Å². The normalized spacial score (nSPS) is 11.8. The van der Waals surface area contributed by atoms with Gasteiger partial charge in [-0.3, -0.25) is 0 Å². The quantitative estimate of drug-likeness (QED) is 0.944. The Labute approximate surface area is 115 Å². The molecular weight excluding hydrogens is 288 g/mol. The zero-order valence-corrected chi connectivity index (χ0v) is 11.7. The maximum absolute atomic E-state index is 13.5. The molecule has 0 radical (unpaired) electrons. The lowest BCUT2D eigenvalue weighted by Gasteiger charge is -2.07. The van der Waals surface area contributed by atoms with Crippen molar-refractivity contribution in [2.75, 3.05) is 0 Å². The monoisotopic (exact) mass is 301 g/mol. The van der Waals surface area contributed by atoms with Gasteiger partial charge in [0.25, 0.3) is 0 Å². The smallest absolute Gasteiger partial charge is 0.243 e. The molecule has 2 rings (SSSR count). The van der Waals surface area contributed by atoms with Crippen LogP contribution in [0, 0.1) is 25.5 Å². The summed E-state index contributed by atoms with van der Waals surface area (Å²) in [7, 11) is -4.05. The first-order valence-electron chi connectivity index (χ1n) is 5.80. The third kappa shape index (κ3) is 3.05. The summed E-state index contributed by atoms with van der Waals surface area (Å²) in [5.41, 5.74) is 0.661. The van der Waals surface area contributed by atoms with Crippen LogP contribution < -0.4 is 4.72 Å². The van der Waals surface area contributed by atoms with E-state index in [9.17, 15) is 17.2 Å². The van der Waals surface area contributed by atoms with Gasteiger partial charge in [-0.15, -0.1) is 0 Å². The Hall–Kier alpha value is -1.73. The van der Waals surface area contributed by atoms with Crippen molar-refractivity contribution in [3.8, 4) is 0 Å². The van der Waals surface area contributed by atoms with Crippen molar-refractivity contribution in [1.82, 2.24) is 4.72 Å². The minimum Gasteiger partial charge on any atom is -0.466 e.